The average Bonchev–Trinajstić information content (AvgIpc) is 2.52. The number of aromatic nitrogens is 2. The van der Waals surface area contributed by atoms with Crippen LogP contribution in [0.5, 0.6) is 5.75 Å². The third kappa shape index (κ3) is 3.45. The molecule has 3 N–H and O–H groups in total. The van der Waals surface area contributed by atoms with E-state index in [-0.39, 0.29) is 5.75 Å². The standard InChI is InChI=1S/C16H13ClN4O/c17-11-6-7-14(22)13(10-11)20-15-8-9-18-16(21-15)19-12-4-2-1-3-5-12/h1-10,22H,(H2,18,19,20,21). The maximum Gasteiger partial charge on any atom is 0.229 e. The number of halogens is 1. The topological polar surface area (TPSA) is 70.1 Å². The van der Waals surface area contributed by atoms with Crippen LogP contribution in [-0.4, -0.2) is 15.1 Å². The molecule has 1 aromatic heterocycles. The molecule has 0 amide bonds. The molecule has 0 aliphatic rings. The predicted molar refractivity (Wildman–Crippen MR) is 88.2 cm³/mol. The fourth-order valence-corrected chi connectivity index (χ4v) is 2.06. The van der Waals surface area contributed by atoms with Gasteiger partial charge in [0, 0.05) is 16.9 Å². The van der Waals surface area contributed by atoms with E-state index in [1.54, 1.807) is 24.4 Å². The first-order chi connectivity index (χ1) is 10.7. The number of rotatable bonds is 4. The lowest BCUT2D eigenvalue weighted by Gasteiger charge is -2.10. The molecule has 0 aliphatic heterocycles. The van der Waals surface area contributed by atoms with Crippen LogP contribution in [0.4, 0.5) is 23.1 Å². The molecule has 2 aromatic carbocycles. The fraction of sp³-hybridized carbons (Fsp3) is 0. The monoisotopic (exact) mass is 312 g/mol. The summed E-state index contributed by atoms with van der Waals surface area (Å²) in [6, 6.07) is 16.1. The van der Waals surface area contributed by atoms with Gasteiger partial charge in [-0.1, -0.05) is 29.8 Å². The van der Waals surface area contributed by atoms with Gasteiger partial charge >= 0.3 is 0 Å². The molecule has 1 heterocycles. The van der Waals surface area contributed by atoms with Gasteiger partial charge in [0.15, 0.2) is 0 Å². The Hall–Kier alpha value is -2.79. The number of nitrogens with one attached hydrogen (secondary N) is 2. The van der Waals surface area contributed by atoms with E-state index in [0.29, 0.717) is 22.5 Å². The summed E-state index contributed by atoms with van der Waals surface area (Å²) >= 11 is 5.93. The summed E-state index contributed by atoms with van der Waals surface area (Å²) < 4.78 is 0. The largest absolute Gasteiger partial charge is 0.506 e. The first-order valence-electron chi connectivity index (χ1n) is 6.61. The van der Waals surface area contributed by atoms with Crippen molar-refractivity contribution in [3.8, 4) is 5.75 Å². The van der Waals surface area contributed by atoms with Crippen molar-refractivity contribution in [2.24, 2.45) is 0 Å². The summed E-state index contributed by atoms with van der Waals surface area (Å²) in [7, 11) is 0. The van der Waals surface area contributed by atoms with Gasteiger partial charge in [-0.3, -0.25) is 0 Å². The maximum atomic E-state index is 9.82. The van der Waals surface area contributed by atoms with Crippen LogP contribution in [0.2, 0.25) is 5.02 Å². The lowest BCUT2D eigenvalue weighted by Crippen LogP contribution is -2.00. The SMILES string of the molecule is Oc1ccc(Cl)cc1Nc1ccnc(Nc2ccccc2)n1. The zero-order valence-corrected chi connectivity index (χ0v) is 12.2. The zero-order valence-electron chi connectivity index (χ0n) is 11.5. The summed E-state index contributed by atoms with van der Waals surface area (Å²) in [6.45, 7) is 0. The molecule has 0 saturated carbocycles. The number of hydrogen-bond donors (Lipinski definition) is 3. The van der Waals surface area contributed by atoms with Crippen LogP contribution >= 0.6 is 11.6 Å². The Kier molecular flexibility index (Phi) is 4.07. The van der Waals surface area contributed by atoms with Crippen LogP contribution in [0.3, 0.4) is 0 Å². The molecule has 0 spiro atoms. The van der Waals surface area contributed by atoms with E-state index in [1.165, 1.54) is 6.07 Å². The summed E-state index contributed by atoms with van der Waals surface area (Å²) in [5.41, 5.74) is 1.38. The molecule has 5 nitrogen and oxygen atoms in total. The van der Waals surface area contributed by atoms with Crippen molar-refractivity contribution < 1.29 is 5.11 Å². The molecule has 3 rings (SSSR count). The third-order valence-corrected chi connectivity index (χ3v) is 3.14. The van der Waals surface area contributed by atoms with Crippen LogP contribution < -0.4 is 10.6 Å². The van der Waals surface area contributed by atoms with Crippen molar-refractivity contribution in [1.82, 2.24) is 9.97 Å². The van der Waals surface area contributed by atoms with E-state index in [4.69, 9.17) is 11.6 Å². The highest BCUT2D eigenvalue weighted by Gasteiger charge is 2.05. The minimum absolute atomic E-state index is 0.0978. The minimum atomic E-state index is 0.0978. The van der Waals surface area contributed by atoms with E-state index in [9.17, 15) is 5.11 Å². The number of para-hydroxylation sites is 1. The van der Waals surface area contributed by atoms with Crippen molar-refractivity contribution in [3.63, 3.8) is 0 Å². The van der Waals surface area contributed by atoms with Crippen LogP contribution in [-0.2, 0) is 0 Å². The van der Waals surface area contributed by atoms with Crippen LogP contribution in [0.15, 0.2) is 60.8 Å². The molecule has 0 atom stereocenters. The molecule has 0 fully saturated rings. The van der Waals surface area contributed by atoms with Crippen LogP contribution in [0, 0.1) is 0 Å². The average molecular weight is 313 g/mol. The van der Waals surface area contributed by atoms with Gasteiger partial charge in [-0.05, 0) is 36.4 Å². The second kappa shape index (κ2) is 6.32. The Morgan fingerprint density at radius 1 is 0.955 bits per heavy atom. The smallest absolute Gasteiger partial charge is 0.229 e. The molecule has 0 saturated heterocycles. The van der Waals surface area contributed by atoms with Gasteiger partial charge in [0.25, 0.3) is 0 Å². The fourth-order valence-electron chi connectivity index (χ4n) is 1.89. The molecule has 6 heteroatoms. The second-order valence-electron chi connectivity index (χ2n) is 4.54. The van der Waals surface area contributed by atoms with Crippen LogP contribution in [0.25, 0.3) is 0 Å². The zero-order chi connectivity index (χ0) is 15.4. The Bertz CT molecular complexity index is 780. The predicted octanol–water partition coefficient (Wildman–Crippen LogP) is 4.32. The van der Waals surface area contributed by atoms with E-state index in [2.05, 4.69) is 20.6 Å². The highest BCUT2D eigenvalue weighted by Crippen LogP contribution is 2.29. The number of aromatic hydroxyl groups is 1. The Labute approximate surface area is 132 Å². The number of anilines is 4. The molecular formula is C16H13ClN4O. The van der Waals surface area contributed by atoms with Gasteiger partial charge in [0.2, 0.25) is 5.95 Å². The van der Waals surface area contributed by atoms with E-state index in [0.717, 1.165) is 5.69 Å². The van der Waals surface area contributed by atoms with Crippen LogP contribution in [0.1, 0.15) is 0 Å². The normalized spacial score (nSPS) is 10.2. The third-order valence-electron chi connectivity index (χ3n) is 2.91. The second-order valence-corrected chi connectivity index (χ2v) is 4.98. The van der Waals surface area contributed by atoms with Gasteiger partial charge < -0.3 is 15.7 Å². The Morgan fingerprint density at radius 2 is 1.77 bits per heavy atom. The molecule has 0 radical (unpaired) electrons. The van der Waals surface area contributed by atoms with Gasteiger partial charge in [-0.25, -0.2) is 4.98 Å². The molecule has 22 heavy (non-hydrogen) atoms. The van der Waals surface area contributed by atoms with Gasteiger partial charge in [-0.15, -0.1) is 0 Å². The van der Waals surface area contributed by atoms with Gasteiger partial charge in [0.1, 0.15) is 11.6 Å². The summed E-state index contributed by atoms with van der Waals surface area (Å²) in [5, 5.41) is 16.5. The van der Waals surface area contributed by atoms with Crippen molar-refractivity contribution in [3.05, 3.63) is 65.8 Å². The molecule has 0 aliphatic carbocycles. The van der Waals surface area contributed by atoms with Crippen molar-refractivity contribution in [1.29, 1.82) is 0 Å². The first-order valence-corrected chi connectivity index (χ1v) is 6.99. The lowest BCUT2D eigenvalue weighted by atomic mass is 10.3. The molecule has 0 unspecified atom stereocenters. The Morgan fingerprint density at radius 3 is 2.59 bits per heavy atom. The van der Waals surface area contributed by atoms with Crippen molar-refractivity contribution in [2.45, 2.75) is 0 Å². The van der Waals surface area contributed by atoms with Crippen molar-refractivity contribution in [2.75, 3.05) is 10.6 Å². The highest BCUT2D eigenvalue weighted by atomic mass is 35.5. The number of phenols is 1. The van der Waals surface area contributed by atoms with Crippen molar-refractivity contribution >= 4 is 34.7 Å². The number of benzene rings is 2. The quantitative estimate of drug-likeness (QED) is 0.626. The first kappa shape index (κ1) is 14.2. The molecule has 0 bridgehead atoms. The Balaban J connectivity index is 1.81. The summed E-state index contributed by atoms with van der Waals surface area (Å²) in [4.78, 5) is 8.51. The summed E-state index contributed by atoms with van der Waals surface area (Å²) in [5.74, 6) is 1.10. The molecular weight excluding hydrogens is 300 g/mol. The van der Waals surface area contributed by atoms with E-state index < -0.39 is 0 Å². The van der Waals surface area contributed by atoms with E-state index >= 15 is 0 Å². The number of hydrogen-bond acceptors (Lipinski definition) is 5. The maximum absolute atomic E-state index is 9.82. The summed E-state index contributed by atoms with van der Waals surface area (Å²) in [6.07, 6.45) is 1.63. The molecule has 110 valence electrons. The minimum Gasteiger partial charge on any atom is -0.506 e. The van der Waals surface area contributed by atoms with Gasteiger partial charge in [0.05, 0.1) is 5.69 Å². The van der Waals surface area contributed by atoms with E-state index in [1.807, 2.05) is 30.3 Å². The number of phenolic OH excluding ortho intramolecular Hbond substituents is 1. The van der Waals surface area contributed by atoms with Gasteiger partial charge in [-0.2, -0.15) is 4.98 Å². The molecule has 3 aromatic rings. The number of nitrogens with zero attached hydrogens (tertiary/aromatic N) is 2. The lowest BCUT2D eigenvalue weighted by molar-refractivity contribution is 0.477. The highest BCUT2D eigenvalue weighted by molar-refractivity contribution is 6.30.